The third kappa shape index (κ3) is 4.61. The van der Waals surface area contributed by atoms with E-state index in [1.807, 2.05) is 11.8 Å². The van der Waals surface area contributed by atoms with Crippen molar-refractivity contribution < 1.29 is 9.18 Å². The summed E-state index contributed by atoms with van der Waals surface area (Å²) < 4.78 is 13.6. The van der Waals surface area contributed by atoms with Gasteiger partial charge in [-0.2, -0.15) is 11.8 Å². The lowest BCUT2D eigenvalue weighted by molar-refractivity contribution is -0.116. The number of nitrogens with two attached hydrogens (primary N) is 1. The van der Waals surface area contributed by atoms with Gasteiger partial charge in [0, 0.05) is 29.9 Å². The highest BCUT2D eigenvalue weighted by molar-refractivity contribution is 7.99. The minimum Gasteiger partial charge on any atom is -0.399 e. The molecule has 4 nitrogen and oxygen atoms in total. The number of nitrogens with zero attached hydrogens (tertiary/aromatic N) is 1. The van der Waals surface area contributed by atoms with Gasteiger partial charge < -0.3 is 16.0 Å². The maximum Gasteiger partial charge on any atom is 0.225 e. The van der Waals surface area contributed by atoms with Crippen molar-refractivity contribution in [2.45, 2.75) is 37.0 Å². The van der Waals surface area contributed by atoms with Crippen molar-refractivity contribution in [3.05, 3.63) is 24.0 Å². The van der Waals surface area contributed by atoms with E-state index in [4.69, 9.17) is 5.73 Å². The van der Waals surface area contributed by atoms with Crippen LogP contribution >= 0.6 is 11.8 Å². The molecule has 1 aliphatic rings. The Morgan fingerprint density at radius 1 is 1.50 bits per heavy atom. The van der Waals surface area contributed by atoms with Crippen LogP contribution in [-0.4, -0.2) is 41.9 Å². The zero-order chi connectivity index (χ0) is 16.1. The first-order valence-electron chi connectivity index (χ1n) is 7.57. The summed E-state index contributed by atoms with van der Waals surface area (Å²) >= 11 is 1.92. The summed E-state index contributed by atoms with van der Waals surface area (Å²) in [7, 11) is 2.06. The van der Waals surface area contributed by atoms with Crippen molar-refractivity contribution in [3.8, 4) is 0 Å². The largest absolute Gasteiger partial charge is 0.399 e. The third-order valence-electron chi connectivity index (χ3n) is 4.27. The summed E-state index contributed by atoms with van der Waals surface area (Å²) in [6, 6.07) is 4.73. The van der Waals surface area contributed by atoms with Gasteiger partial charge in [0.25, 0.3) is 0 Å². The number of halogens is 1. The molecule has 2 rings (SSSR count). The summed E-state index contributed by atoms with van der Waals surface area (Å²) in [5, 5.41) is 3.33. The van der Waals surface area contributed by atoms with Crippen LogP contribution in [0.25, 0.3) is 0 Å². The standard InChI is InChI=1S/C16H24FN3OS/c1-20(12-4-5-13(10-12)22-2)8-7-16(21)19-15-9-11(18)3-6-14(15)17/h3,6,9,12-13H,4-5,7-8,10,18H2,1-2H3,(H,19,21). The minimum absolute atomic E-state index is 0.149. The first-order chi connectivity index (χ1) is 10.5. The molecule has 0 bridgehead atoms. The van der Waals surface area contributed by atoms with E-state index in [1.54, 1.807) is 0 Å². The smallest absolute Gasteiger partial charge is 0.225 e. The Hall–Kier alpha value is -1.27. The summed E-state index contributed by atoms with van der Waals surface area (Å²) in [5.74, 6) is -0.648. The summed E-state index contributed by atoms with van der Waals surface area (Å²) in [6.45, 7) is 0.682. The molecule has 2 atom stereocenters. The fraction of sp³-hybridized carbons (Fsp3) is 0.562. The van der Waals surface area contributed by atoms with Crippen LogP contribution in [0.1, 0.15) is 25.7 Å². The lowest BCUT2D eigenvalue weighted by Gasteiger charge is -2.24. The Morgan fingerprint density at radius 3 is 2.95 bits per heavy atom. The Balaban J connectivity index is 1.79. The van der Waals surface area contributed by atoms with Gasteiger partial charge >= 0.3 is 0 Å². The molecule has 0 aliphatic heterocycles. The van der Waals surface area contributed by atoms with Crippen molar-refractivity contribution in [2.75, 3.05) is 30.9 Å². The van der Waals surface area contributed by atoms with Crippen LogP contribution in [0.3, 0.4) is 0 Å². The second kappa shape index (κ2) is 7.83. The summed E-state index contributed by atoms with van der Waals surface area (Å²) in [6.07, 6.45) is 6.12. The van der Waals surface area contributed by atoms with E-state index < -0.39 is 5.82 Å². The molecule has 1 aromatic carbocycles. The molecule has 1 fully saturated rings. The predicted octanol–water partition coefficient (Wildman–Crippen LogP) is 2.95. The van der Waals surface area contributed by atoms with Gasteiger partial charge in [-0.25, -0.2) is 4.39 Å². The number of anilines is 2. The fourth-order valence-electron chi connectivity index (χ4n) is 2.84. The van der Waals surface area contributed by atoms with Gasteiger partial charge in [0.15, 0.2) is 0 Å². The van der Waals surface area contributed by atoms with E-state index in [2.05, 4.69) is 23.5 Å². The van der Waals surface area contributed by atoms with Crippen LogP contribution in [0.5, 0.6) is 0 Å². The quantitative estimate of drug-likeness (QED) is 0.790. The van der Waals surface area contributed by atoms with E-state index in [9.17, 15) is 9.18 Å². The van der Waals surface area contributed by atoms with E-state index >= 15 is 0 Å². The molecule has 0 aromatic heterocycles. The molecule has 1 amide bonds. The Bertz CT molecular complexity index is 526. The number of hydrogen-bond acceptors (Lipinski definition) is 4. The van der Waals surface area contributed by atoms with Crippen molar-refractivity contribution in [1.82, 2.24) is 4.90 Å². The van der Waals surface area contributed by atoms with Gasteiger partial charge in [-0.1, -0.05) is 0 Å². The highest BCUT2D eigenvalue weighted by Crippen LogP contribution is 2.30. The van der Waals surface area contributed by atoms with E-state index in [1.165, 1.54) is 37.5 Å². The molecule has 0 heterocycles. The number of rotatable bonds is 6. The van der Waals surface area contributed by atoms with E-state index in [-0.39, 0.29) is 11.6 Å². The van der Waals surface area contributed by atoms with Crippen LogP contribution in [0.4, 0.5) is 15.8 Å². The maximum absolute atomic E-state index is 13.6. The number of hydrogen-bond donors (Lipinski definition) is 2. The zero-order valence-corrected chi connectivity index (χ0v) is 14.0. The molecule has 1 aromatic rings. The second-order valence-electron chi connectivity index (χ2n) is 5.84. The molecule has 1 saturated carbocycles. The number of amides is 1. The average Bonchev–Trinajstić information content (AvgIpc) is 2.97. The highest BCUT2D eigenvalue weighted by Gasteiger charge is 2.26. The molecular weight excluding hydrogens is 301 g/mol. The van der Waals surface area contributed by atoms with Crippen LogP contribution < -0.4 is 11.1 Å². The molecule has 3 N–H and O–H groups in total. The third-order valence-corrected chi connectivity index (χ3v) is 5.36. The Morgan fingerprint density at radius 2 is 2.27 bits per heavy atom. The number of benzene rings is 1. The first kappa shape index (κ1) is 17.1. The van der Waals surface area contributed by atoms with Gasteiger partial charge in [-0.3, -0.25) is 4.79 Å². The molecule has 6 heteroatoms. The Labute approximate surface area is 135 Å². The lowest BCUT2D eigenvalue weighted by Crippen LogP contribution is -2.32. The second-order valence-corrected chi connectivity index (χ2v) is 6.98. The molecule has 1 aliphatic carbocycles. The SMILES string of the molecule is CSC1CCC(N(C)CCC(=O)Nc2cc(N)ccc2F)C1. The summed E-state index contributed by atoms with van der Waals surface area (Å²) in [4.78, 5) is 14.2. The van der Waals surface area contributed by atoms with Crippen molar-refractivity contribution in [1.29, 1.82) is 0 Å². The molecule has 0 radical (unpaired) electrons. The monoisotopic (exact) mass is 325 g/mol. The topological polar surface area (TPSA) is 58.4 Å². The average molecular weight is 325 g/mol. The zero-order valence-electron chi connectivity index (χ0n) is 13.1. The minimum atomic E-state index is -0.463. The fourth-order valence-corrected chi connectivity index (χ4v) is 3.63. The molecule has 22 heavy (non-hydrogen) atoms. The predicted molar refractivity (Wildman–Crippen MR) is 91.6 cm³/mol. The Kier molecular flexibility index (Phi) is 6.08. The van der Waals surface area contributed by atoms with Crippen molar-refractivity contribution in [3.63, 3.8) is 0 Å². The highest BCUT2D eigenvalue weighted by atomic mass is 32.2. The first-order valence-corrected chi connectivity index (χ1v) is 8.86. The number of nitrogens with one attached hydrogen (secondary N) is 1. The van der Waals surface area contributed by atoms with Crippen LogP contribution in [0.2, 0.25) is 0 Å². The van der Waals surface area contributed by atoms with Crippen molar-refractivity contribution >= 4 is 29.0 Å². The van der Waals surface area contributed by atoms with Gasteiger partial charge in [0.2, 0.25) is 5.91 Å². The number of carbonyl (C=O) groups excluding carboxylic acids is 1. The van der Waals surface area contributed by atoms with Crippen LogP contribution in [0, 0.1) is 5.82 Å². The number of nitrogen functional groups attached to an aromatic ring is 1. The van der Waals surface area contributed by atoms with Crippen LogP contribution in [-0.2, 0) is 4.79 Å². The molecule has 0 spiro atoms. The van der Waals surface area contributed by atoms with Crippen LogP contribution in [0.15, 0.2) is 18.2 Å². The van der Waals surface area contributed by atoms with Crippen molar-refractivity contribution in [2.24, 2.45) is 0 Å². The molecular formula is C16H24FN3OS. The van der Waals surface area contributed by atoms with E-state index in [0.29, 0.717) is 24.7 Å². The number of carbonyl (C=O) groups is 1. The van der Waals surface area contributed by atoms with Gasteiger partial charge in [0.05, 0.1) is 5.69 Å². The molecule has 0 saturated heterocycles. The maximum atomic E-state index is 13.6. The van der Waals surface area contributed by atoms with E-state index in [0.717, 1.165) is 5.25 Å². The lowest BCUT2D eigenvalue weighted by atomic mass is 10.2. The summed E-state index contributed by atoms with van der Waals surface area (Å²) in [5.41, 5.74) is 6.19. The molecule has 2 unspecified atom stereocenters. The normalized spacial score (nSPS) is 21.3. The number of thioether (sulfide) groups is 1. The van der Waals surface area contributed by atoms with Gasteiger partial charge in [-0.15, -0.1) is 0 Å². The van der Waals surface area contributed by atoms with Gasteiger partial charge in [0.1, 0.15) is 5.82 Å². The molecule has 122 valence electrons. The van der Waals surface area contributed by atoms with Gasteiger partial charge in [-0.05, 0) is 50.8 Å².